The first kappa shape index (κ1) is 12.7. The second kappa shape index (κ2) is 7.16. The molecule has 0 aromatic carbocycles. The number of carbonyl (C=O) groups is 1. The number of allylic oxidation sites excluding steroid dienone is 1. The van der Waals surface area contributed by atoms with E-state index in [1.54, 1.807) is 6.08 Å². The molecule has 1 unspecified atom stereocenters. The van der Waals surface area contributed by atoms with Crippen LogP contribution in [0.25, 0.3) is 0 Å². The lowest BCUT2D eigenvalue weighted by molar-refractivity contribution is -0.146. The molecule has 0 saturated carbocycles. The van der Waals surface area contributed by atoms with Gasteiger partial charge in [-0.1, -0.05) is 26.2 Å². The van der Waals surface area contributed by atoms with Gasteiger partial charge in [0, 0.05) is 6.92 Å². The minimum absolute atomic E-state index is 0.189. The number of carbonyl (C=O) groups excluding carboxylic acids is 1. The molecule has 0 radical (unpaired) electrons. The van der Waals surface area contributed by atoms with Crippen LogP contribution in [0.4, 0.5) is 0 Å². The molecule has 2 atom stereocenters. The molecule has 0 amide bonds. The molecular formula is C12H18O2. The van der Waals surface area contributed by atoms with Crippen molar-refractivity contribution in [3.8, 4) is 0 Å². The third kappa shape index (κ3) is 5.39. The molecule has 0 aliphatic rings. The fourth-order valence-corrected chi connectivity index (χ4v) is 1.20. The van der Waals surface area contributed by atoms with Crippen LogP contribution in [0, 0.1) is 5.92 Å². The molecule has 0 fully saturated rings. The van der Waals surface area contributed by atoms with Gasteiger partial charge in [-0.05, 0) is 24.8 Å². The van der Waals surface area contributed by atoms with Crippen molar-refractivity contribution in [2.24, 2.45) is 5.92 Å². The predicted octanol–water partition coefficient (Wildman–Crippen LogP) is 2.86. The van der Waals surface area contributed by atoms with Crippen molar-refractivity contribution in [1.29, 1.82) is 0 Å². The Labute approximate surface area is 86.0 Å². The first-order valence-corrected chi connectivity index (χ1v) is 4.75. The molecule has 0 aliphatic heterocycles. The predicted molar refractivity (Wildman–Crippen MR) is 57.9 cm³/mol. The van der Waals surface area contributed by atoms with E-state index in [-0.39, 0.29) is 18.0 Å². The molecule has 0 aromatic rings. The molecule has 2 nitrogen and oxygen atoms in total. The second-order valence-electron chi connectivity index (χ2n) is 3.27. The highest BCUT2D eigenvalue weighted by Crippen LogP contribution is 2.15. The molecule has 0 aromatic heterocycles. The molecule has 2 heteroatoms. The van der Waals surface area contributed by atoms with E-state index in [9.17, 15) is 4.79 Å². The summed E-state index contributed by atoms with van der Waals surface area (Å²) in [4.78, 5) is 10.7. The third-order valence-corrected chi connectivity index (χ3v) is 2.01. The van der Waals surface area contributed by atoms with Crippen LogP contribution in [0.15, 0.2) is 31.0 Å². The summed E-state index contributed by atoms with van der Waals surface area (Å²) < 4.78 is 5.09. The van der Waals surface area contributed by atoms with Crippen LogP contribution in [-0.2, 0) is 9.53 Å². The molecule has 0 rings (SSSR count). The van der Waals surface area contributed by atoms with Crippen LogP contribution >= 0.6 is 0 Å². The quantitative estimate of drug-likeness (QED) is 0.369. The highest BCUT2D eigenvalue weighted by atomic mass is 16.5. The summed E-state index contributed by atoms with van der Waals surface area (Å²) in [5.41, 5.74) is 2.71. The van der Waals surface area contributed by atoms with Crippen molar-refractivity contribution >= 4 is 5.97 Å². The normalized spacial score (nSPS) is 13.6. The van der Waals surface area contributed by atoms with Gasteiger partial charge in [-0.2, -0.15) is 0 Å². The Morgan fingerprint density at radius 2 is 2.29 bits per heavy atom. The Hall–Kier alpha value is -1.27. The van der Waals surface area contributed by atoms with E-state index in [0.717, 1.165) is 12.8 Å². The minimum Gasteiger partial charge on any atom is -0.458 e. The van der Waals surface area contributed by atoms with Crippen molar-refractivity contribution in [2.75, 3.05) is 0 Å². The molecule has 78 valence electrons. The topological polar surface area (TPSA) is 26.3 Å². The number of rotatable bonds is 6. The first-order valence-electron chi connectivity index (χ1n) is 4.75. The van der Waals surface area contributed by atoms with Gasteiger partial charge in [0.25, 0.3) is 0 Å². The molecule has 0 heterocycles. The van der Waals surface area contributed by atoms with Crippen molar-refractivity contribution < 1.29 is 9.53 Å². The highest BCUT2D eigenvalue weighted by Gasteiger charge is 2.15. The SMILES string of the molecule is C=C=CCC[C@H](C)C(C=C)OC(C)=O. The summed E-state index contributed by atoms with van der Waals surface area (Å²) in [5, 5.41) is 0. The van der Waals surface area contributed by atoms with Crippen molar-refractivity contribution in [3.63, 3.8) is 0 Å². The van der Waals surface area contributed by atoms with Gasteiger partial charge in [0.05, 0.1) is 0 Å². The minimum atomic E-state index is -0.263. The lowest BCUT2D eigenvalue weighted by atomic mass is 9.99. The van der Waals surface area contributed by atoms with E-state index in [1.165, 1.54) is 6.92 Å². The average Bonchev–Trinajstić information content (AvgIpc) is 2.14. The van der Waals surface area contributed by atoms with Crippen LogP contribution in [0.2, 0.25) is 0 Å². The average molecular weight is 194 g/mol. The maximum atomic E-state index is 10.7. The van der Waals surface area contributed by atoms with Gasteiger partial charge in [-0.25, -0.2) is 0 Å². The third-order valence-electron chi connectivity index (χ3n) is 2.01. The zero-order valence-electron chi connectivity index (χ0n) is 8.95. The molecule has 0 saturated heterocycles. The van der Waals surface area contributed by atoms with E-state index in [1.807, 2.05) is 13.0 Å². The van der Waals surface area contributed by atoms with Gasteiger partial charge in [-0.3, -0.25) is 4.79 Å². The summed E-state index contributed by atoms with van der Waals surface area (Å²) >= 11 is 0. The van der Waals surface area contributed by atoms with Gasteiger partial charge < -0.3 is 4.74 Å². The molecule has 0 aliphatic carbocycles. The second-order valence-corrected chi connectivity index (χ2v) is 3.27. The van der Waals surface area contributed by atoms with Gasteiger partial charge in [0.2, 0.25) is 0 Å². The smallest absolute Gasteiger partial charge is 0.303 e. The van der Waals surface area contributed by atoms with Gasteiger partial charge >= 0.3 is 5.97 Å². The number of ether oxygens (including phenoxy) is 1. The molecule has 0 bridgehead atoms. The Kier molecular flexibility index (Phi) is 6.51. The first-order chi connectivity index (χ1) is 6.61. The molecular weight excluding hydrogens is 176 g/mol. The van der Waals surface area contributed by atoms with E-state index in [4.69, 9.17) is 4.74 Å². The van der Waals surface area contributed by atoms with E-state index < -0.39 is 0 Å². The standard InChI is InChI=1S/C12H18O2/c1-5-7-8-9-10(3)12(6-2)14-11(4)13/h6-7,10,12H,1-2,8-9H2,3-4H3/t10-,12?/m0/s1. The molecule has 0 spiro atoms. The van der Waals surface area contributed by atoms with Crippen LogP contribution in [0.1, 0.15) is 26.7 Å². The number of esters is 1. The fraction of sp³-hybridized carbons (Fsp3) is 0.500. The van der Waals surface area contributed by atoms with Gasteiger partial charge in [-0.15, -0.1) is 5.73 Å². The van der Waals surface area contributed by atoms with Crippen molar-refractivity contribution in [2.45, 2.75) is 32.8 Å². The van der Waals surface area contributed by atoms with E-state index >= 15 is 0 Å². The zero-order chi connectivity index (χ0) is 11.0. The van der Waals surface area contributed by atoms with Crippen LogP contribution in [0.3, 0.4) is 0 Å². The van der Waals surface area contributed by atoms with E-state index in [2.05, 4.69) is 18.9 Å². The summed E-state index contributed by atoms with van der Waals surface area (Å²) in [6.45, 7) is 10.6. The number of hydrogen-bond acceptors (Lipinski definition) is 2. The maximum Gasteiger partial charge on any atom is 0.303 e. The van der Waals surface area contributed by atoms with Crippen LogP contribution in [0.5, 0.6) is 0 Å². The van der Waals surface area contributed by atoms with Crippen LogP contribution < -0.4 is 0 Å². The summed E-state index contributed by atoms with van der Waals surface area (Å²) in [6.07, 6.45) is 5.20. The Bertz CT molecular complexity index is 237. The monoisotopic (exact) mass is 194 g/mol. The fourth-order valence-electron chi connectivity index (χ4n) is 1.20. The Balaban J connectivity index is 4.02. The van der Waals surface area contributed by atoms with Crippen LogP contribution in [-0.4, -0.2) is 12.1 Å². The lowest BCUT2D eigenvalue weighted by Gasteiger charge is -2.19. The van der Waals surface area contributed by atoms with Crippen molar-refractivity contribution in [3.05, 3.63) is 31.0 Å². The summed E-state index contributed by atoms with van der Waals surface area (Å²) in [6, 6.07) is 0. The van der Waals surface area contributed by atoms with E-state index in [0.29, 0.717) is 0 Å². The van der Waals surface area contributed by atoms with Crippen molar-refractivity contribution in [1.82, 2.24) is 0 Å². The highest BCUT2D eigenvalue weighted by molar-refractivity contribution is 5.66. The Morgan fingerprint density at radius 1 is 1.64 bits per heavy atom. The van der Waals surface area contributed by atoms with Gasteiger partial charge in [0.15, 0.2) is 0 Å². The van der Waals surface area contributed by atoms with Gasteiger partial charge in [0.1, 0.15) is 6.10 Å². The molecule has 0 N–H and O–H groups in total. The zero-order valence-corrected chi connectivity index (χ0v) is 8.95. The Morgan fingerprint density at radius 3 is 2.71 bits per heavy atom. The number of hydrogen-bond donors (Lipinski definition) is 0. The summed E-state index contributed by atoms with van der Waals surface area (Å²) in [7, 11) is 0. The summed E-state index contributed by atoms with van der Waals surface area (Å²) in [5.74, 6) is 0.0158. The molecule has 14 heavy (non-hydrogen) atoms. The largest absolute Gasteiger partial charge is 0.458 e. The lowest BCUT2D eigenvalue weighted by Crippen LogP contribution is -2.21. The maximum absolute atomic E-state index is 10.7.